The zero-order chi connectivity index (χ0) is 12.2. The first-order valence-electron chi connectivity index (χ1n) is 6.02. The van der Waals surface area contributed by atoms with Gasteiger partial charge in [-0.2, -0.15) is 0 Å². The van der Waals surface area contributed by atoms with Gasteiger partial charge in [0.1, 0.15) is 5.78 Å². The molecule has 0 saturated carbocycles. The van der Waals surface area contributed by atoms with E-state index in [-0.39, 0.29) is 11.2 Å². The quantitative estimate of drug-likeness (QED) is 0.655. The van der Waals surface area contributed by atoms with Crippen LogP contribution in [0.15, 0.2) is 0 Å². The average Bonchev–Trinajstić information content (AvgIpc) is 2.12. The van der Waals surface area contributed by atoms with Gasteiger partial charge in [-0.15, -0.1) is 0 Å². The highest BCUT2D eigenvalue weighted by Crippen LogP contribution is 2.30. The summed E-state index contributed by atoms with van der Waals surface area (Å²) in [5.41, 5.74) is 0.0746. The van der Waals surface area contributed by atoms with E-state index in [1.54, 1.807) is 0 Å². The molecule has 0 aliphatic carbocycles. The van der Waals surface area contributed by atoms with Crippen LogP contribution in [0.1, 0.15) is 40.5 Å². The van der Waals surface area contributed by atoms with Crippen molar-refractivity contribution in [2.24, 2.45) is 10.8 Å². The fraction of sp³-hybridized carbons (Fsp3) is 0.923. The lowest BCUT2D eigenvalue weighted by Crippen LogP contribution is -2.40. The Balaban J connectivity index is 2.02. The normalized spacial score (nSPS) is 19.2. The fourth-order valence-corrected chi connectivity index (χ4v) is 1.56. The number of ether oxygens (including phenoxy) is 2. The Hall–Kier alpha value is -0.410. The van der Waals surface area contributed by atoms with Crippen molar-refractivity contribution in [3.05, 3.63) is 0 Å². The molecule has 0 bridgehead atoms. The van der Waals surface area contributed by atoms with Crippen LogP contribution in [0.25, 0.3) is 0 Å². The van der Waals surface area contributed by atoms with Gasteiger partial charge in [0.25, 0.3) is 0 Å². The first-order valence-corrected chi connectivity index (χ1v) is 6.02. The van der Waals surface area contributed by atoms with Crippen molar-refractivity contribution in [1.82, 2.24) is 0 Å². The van der Waals surface area contributed by atoms with Crippen LogP contribution in [-0.4, -0.2) is 32.2 Å². The minimum absolute atomic E-state index is 0.239. The van der Waals surface area contributed by atoms with Crippen LogP contribution in [0.4, 0.5) is 0 Å². The summed E-state index contributed by atoms with van der Waals surface area (Å²) >= 11 is 0. The Morgan fingerprint density at radius 3 is 2.38 bits per heavy atom. The predicted octanol–water partition coefficient (Wildman–Crippen LogP) is 2.43. The molecule has 94 valence electrons. The zero-order valence-electron chi connectivity index (χ0n) is 11.0. The predicted molar refractivity (Wildman–Crippen MR) is 63.4 cm³/mol. The number of carbonyl (C=O) groups excluding carboxylic acids is 1. The van der Waals surface area contributed by atoms with Crippen molar-refractivity contribution >= 4 is 5.78 Å². The first-order chi connectivity index (χ1) is 7.33. The standard InChI is InChI=1S/C13H24O3/c1-12(2,3)11(14)5-7-15-8-6-13(4)9-16-10-13/h5-10H2,1-4H3. The molecular formula is C13H24O3. The molecule has 16 heavy (non-hydrogen) atoms. The lowest BCUT2D eigenvalue weighted by atomic mass is 9.85. The van der Waals surface area contributed by atoms with E-state index in [9.17, 15) is 4.79 Å². The van der Waals surface area contributed by atoms with E-state index >= 15 is 0 Å². The maximum atomic E-state index is 11.6. The molecule has 0 amide bonds. The molecule has 0 aromatic carbocycles. The summed E-state index contributed by atoms with van der Waals surface area (Å²) in [7, 11) is 0. The third kappa shape index (κ3) is 4.22. The summed E-state index contributed by atoms with van der Waals surface area (Å²) in [6, 6.07) is 0. The van der Waals surface area contributed by atoms with Gasteiger partial charge in [-0.1, -0.05) is 27.7 Å². The minimum Gasteiger partial charge on any atom is -0.381 e. The van der Waals surface area contributed by atoms with E-state index < -0.39 is 0 Å². The van der Waals surface area contributed by atoms with Gasteiger partial charge in [0.2, 0.25) is 0 Å². The van der Waals surface area contributed by atoms with E-state index in [0.29, 0.717) is 18.4 Å². The molecule has 0 N–H and O–H groups in total. The number of hydrogen-bond acceptors (Lipinski definition) is 3. The Morgan fingerprint density at radius 1 is 1.31 bits per heavy atom. The minimum atomic E-state index is -0.239. The van der Waals surface area contributed by atoms with Crippen LogP contribution in [0.2, 0.25) is 0 Å². The van der Waals surface area contributed by atoms with Crippen molar-refractivity contribution in [3.8, 4) is 0 Å². The van der Waals surface area contributed by atoms with Gasteiger partial charge in [0.15, 0.2) is 0 Å². The molecule has 0 spiro atoms. The third-order valence-corrected chi connectivity index (χ3v) is 3.06. The van der Waals surface area contributed by atoms with Gasteiger partial charge in [-0.3, -0.25) is 4.79 Å². The van der Waals surface area contributed by atoms with Crippen LogP contribution in [0.3, 0.4) is 0 Å². The monoisotopic (exact) mass is 228 g/mol. The molecule has 1 heterocycles. The maximum Gasteiger partial charge on any atom is 0.140 e. The van der Waals surface area contributed by atoms with Gasteiger partial charge in [-0.25, -0.2) is 0 Å². The van der Waals surface area contributed by atoms with Crippen molar-refractivity contribution in [1.29, 1.82) is 0 Å². The second-order valence-electron chi connectivity index (χ2n) is 6.09. The van der Waals surface area contributed by atoms with E-state index in [4.69, 9.17) is 9.47 Å². The summed E-state index contributed by atoms with van der Waals surface area (Å²) in [5, 5.41) is 0. The Bertz CT molecular complexity index is 236. The molecule has 0 unspecified atom stereocenters. The van der Waals surface area contributed by atoms with Crippen LogP contribution in [-0.2, 0) is 14.3 Å². The van der Waals surface area contributed by atoms with Crippen LogP contribution >= 0.6 is 0 Å². The smallest absolute Gasteiger partial charge is 0.140 e. The number of ketones is 1. The summed E-state index contributed by atoms with van der Waals surface area (Å²) in [6.45, 7) is 11.0. The second-order valence-corrected chi connectivity index (χ2v) is 6.09. The SMILES string of the molecule is CC1(CCOCCC(=O)C(C)(C)C)COC1. The van der Waals surface area contributed by atoms with Crippen LogP contribution in [0, 0.1) is 10.8 Å². The van der Waals surface area contributed by atoms with Crippen molar-refractivity contribution in [2.75, 3.05) is 26.4 Å². The summed E-state index contributed by atoms with van der Waals surface area (Å²) in [4.78, 5) is 11.6. The lowest BCUT2D eigenvalue weighted by Gasteiger charge is -2.37. The van der Waals surface area contributed by atoms with Gasteiger partial charge >= 0.3 is 0 Å². The topological polar surface area (TPSA) is 35.5 Å². The van der Waals surface area contributed by atoms with Crippen molar-refractivity contribution in [2.45, 2.75) is 40.5 Å². The average molecular weight is 228 g/mol. The highest BCUT2D eigenvalue weighted by Gasteiger charge is 2.32. The number of Topliss-reactive ketones (excluding diaryl/α,β-unsaturated/α-hetero) is 1. The van der Waals surface area contributed by atoms with Crippen molar-refractivity contribution in [3.63, 3.8) is 0 Å². The van der Waals surface area contributed by atoms with E-state index in [1.165, 1.54) is 0 Å². The molecule has 3 heteroatoms. The van der Waals surface area contributed by atoms with E-state index in [1.807, 2.05) is 20.8 Å². The zero-order valence-corrected chi connectivity index (χ0v) is 11.0. The third-order valence-electron chi connectivity index (χ3n) is 3.06. The molecule has 0 aromatic heterocycles. The van der Waals surface area contributed by atoms with Crippen LogP contribution < -0.4 is 0 Å². The highest BCUT2D eigenvalue weighted by atomic mass is 16.5. The van der Waals surface area contributed by atoms with Gasteiger partial charge in [-0.05, 0) is 6.42 Å². The van der Waals surface area contributed by atoms with Gasteiger partial charge in [0, 0.05) is 23.9 Å². The number of rotatable bonds is 6. The summed E-state index contributed by atoms with van der Waals surface area (Å²) < 4.78 is 10.7. The van der Waals surface area contributed by atoms with E-state index in [0.717, 1.165) is 26.2 Å². The summed E-state index contributed by atoms with van der Waals surface area (Å²) in [5.74, 6) is 0.269. The van der Waals surface area contributed by atoms with Crippen molar-refractivity contribution < 1.29 is 14.3 Å². The molecule has 3 nitrogen and oxygen atoms in total. The van der Waals surface area contributed by atoms with Crippen LogP contribution in [0.5, 0.6) is 0 Å². The molecule has 1 aliphatic rings. The maximum absolute atomic E-state index is 11.6. The Morgan fingerprint density at radius 2 is 1.94 bits per heavy atom. The summed E-state index contributed by atoms with van der Waals surface area (Å²) in [6.07, 6.45) is 1.55. The van der Waals surface area contributed by atoms with E-state index in [2.05, 4.69) is 6.92 Å². The number of carbonyl (C=O) groups is 1. The molecule has 1 saturated heterocycles. The molecule has 0 radical (unpaired) electrons. The second kappa shape index (κ2) is 5.28. The lowest BCUT2D eigenvalue weighted by molar-refractivity contribution is -0.128. The molecule has 1 rings (SSSR count). The van der Waals surface area contributed by atoms with Gasteiger partial charge < -0.3 is 9.47 Å². The fourth-order valence-electron chi connectivity index (χ4n) is 1.56. The Labute approximate surface area is 98.5 Å². The molecule has 1 fully saturated rings. The molecule has 1 aliphatic heterocycles. The largest absolute Gasteiger partial charge is 0.381 e. The molecule has 0 atom stereocenters. The van der Waals surface area contributed by atoms with Gasteiger partial charge in [0.05, 0.1) is 19.8 Å². The molecular weight excluding hydrogens is 204 g/mol. The molecule has 0 aromatic rings. The first kappa shape index (κ1) is 13.7. The number of hydrogen-bond donors (Lipinski definition) is 0. The highest BCUT2D eigenvalue weighted by molar-refractivity contribution is 5.83. The Kier molecular flexibility index (Phi) is 4.51.